The highest BCUT2D eigenvalue weighted by Crippen LogP contribution is 2.17. The van der Waals surface area contributed by atoms with Gasteiger partial charge in [0.25, 0.3) is 0 Å². The molecule has 0 heterocycles. The van der Waals surface area contributed by atoms with E-state index in [0.29, 0.717) is 25.7 Å². The molecule has 0 aliphatic rings. The van der Waals surface area contributed by atoms with E-state index in [0.717, 1.165) is 51.4 Å². The monoisotopic (exact) mass is 734 g/mol. The van der Waals surface area contributed by atoms with E-state index in [1.807, 2.05) is 6.08 Å². The van der Waals surface area contributed by atoms with Gasteiger partial charge < -0.3 is 20.3 Å². The van der Waals surface area contributed by atoms with Gasteiger partial charge in [-0.2, -0.15) is 0 Å². The van der Waals surface area contributed by atoms with Gasteiger partial charge in [0.15, 0.2) is 0 Å². The van der Waals surface area contributed by atoms with E-state index in [4.69, 9.17) is 4.74 Å². The van der Waals surface area contributed by atoms with Crippen LogP contribution in [0.15, 0.2) is 24.3 Å². The quantitative estimate of drug-likeness (QED) is 0.0331. The Balaban J connectivity index is 4.63. The SMILES string of the molecule is CCCCCCCC/C=C\C/C=C/CCC(=O)OC(CCCCCCCCCCCC)CC(=O)NC(CO)C(O)CCCCCCCCCCCC. The molecule has 0 rings (SSSR count). The topological polar surface area (TPSA) is 95.9 Å². The third kappa shape index (κ3) is 35.4. The zero-order valence-electron chi connectivity index (χ0n) is 34.7. The maximum absolute atomic E-state index is 13.1. The molecule has 0 radical (unpaired) electrons. The van der Waals surface area contributed by atoms with Gasteiger partial charge in [0, 0.05) is 6.42 Å². The van der Waals surface area contributed by atoms with Crippen molar-refractivity contribution < 1.29 is 24.5 Å². The molecule has 3 N–H and O–H groups in total. The van der Waals surface area contributed by atoms with Crippen molar-refractivity contribution in [1.82, 2.24) is 5.32 Å². The van der Waals surface area contributed by atoms with Crippen molar-refractivity contribution in [2.75, 3.05) is 6.61 Å². The van der Waals surface area contributed by atoms with E-state index < -0.39 is 18.2 Å². The second-order valence-electron chi connectivity index (χ2n) is 15.5. The third-order valence-electron chi connectivity index (χ3n) is 10.3. The minimum Gasteiger partial charge on any atom is -0.462 e. The van der Waals surface area contributed by atoms with Gasteiger partial charge in [0.1, 0.15) is 6.10 Å². The lowest BCUT2D eigenvalue weighted by Gasteiger charge is -2.24. The fraction of sp³-hybridized carbons (Fsp3) is 0.870. The predicted octanol–water partition coefficient (Wildman–Crippen LogP) is 12.8. The molecule has 0 aliphatic heterocycles. The first-order valence-electron chi connectivity index (χ1n) is 22.6. The second kappa shape index (κ2) is 40.5. The number of aliphatic hydroxyl groups excluding tert-OH is 2. The van der Waals surface area contributed by atoms with E-state index in [2.05, 4.69) is 44.3 Å². The fourth-order valence-electron chi connectivity index (χ4n) is 6.84. The molecule has 52 heavy (non-hydrogen) atoms. The van der Waals surface area contributed by atoms with Crippen LogP contribution in [0.2, 0.25) is 0 Å². The Hall–Kier alpha value is -1.66. The maximum Gasteiger partial charge on any atom is 0.306 e. The van der Waals surface area contributed by atoms with E-state index >= 15 is 0 Å². The van der Waals surface area contributed by atoms with E-state index in [9.17, 15) is 19.8 Å². The molecule has 3 unspecified atom stereocenters. The van der Waals surface area contributed by atoms with Crippen LogP contribution in [-0.4, -0.2) is 46.9 Å². The Morgan fingerprint density at radius 3 is 1.46 bits per heavy atom. The summed E-state index contributed by atoms with van der Waals surface area (Å²) in [4.78, 5) is 25.9. The number of hydrogen-bond donors (Lipinski definition) is 3. The first-order chi connectivity index (χ1) is 25.5. The Bertz CT molecular complexity index is 828. The lowest BCUT2D eigenvalue weighted by atomic mass is 10.0. The first-order valence-corrected chi connectivity index (χ1v) is 22.6. The highest BCUT2D eigenvalue weighted by atomic mass is 16.5. The first kappa shape index (κ1) is 50.3. The van der Waals surface area contributed by atoms with Gasteiger partial charge in [-0.3, -0.25) is 9.59 Å². The van der Waals surface area contributed by atoms with Crippen LogP contribution in [0.1, 0.15) is 233 Å². The van der Waals surface area contributed by atoms with Crippen molar-refractivity contribution in [3.63, 3.8) is 0 Å². The lowest BCUT2D eigenvalue weighted by molar-refractivity contribution is -0.150. The summed E-state index contributed by atoms with van der Waals surface area (Å²) >= 11 is 0. The highest BCUT2D eigenvalue weighted by Gasteiger charge is 2.24. The zero-order chi connectivity index (χ0) is 38.2. The molecular formula is C46H87NO5. The largest absolute Gasteiger partial charge is 0.462 e. The Morgan fingerprint density at radius 1 is 0.558 bits per heavy atom. The van der Waals surface area contributed by atoms with Crippen LogP contribution in [-0.2, 0) is 14.3 Å². The average Bonchev–Trinajstić information content (AvgIpc) is 3.13. The Kier molecular flexibility index (Phi) is 39.2. The van der Waals surface area contributed by atoms with Crippen LogP contribution in [0.5, 0.6) is 0 Å². The number of allylic oxidation sites excluding steroid dienone is 4. The molecule has 6 nitrogen and oxygen atoms in total. The summed E-state index contributed by atoms with van der Waals surface area (Å²) in [5, 5.41) is 23.6. The smallest absolute Gasteiger partial charge is 0.306 e. The number of hydrogen-bond acceptors (Lipinski definition) is 5. The number of rotatable bonds is 40. The van der Waals surface area contributed by atoms with E-state index in [-0.39, 0.29) is 24.9 Å². The molecule has 3 atom stereocenters. The Morgan fingerprint density at radius 2 is 0.981 bits per heavy atom. The molecule has 6 heteroatoms. The van der Waals surface area contributed by atoms with Crippen LogP contribution in [0.4, 0.5) is 0 Å². The van der Waals surface area contributed by atoms with Gasteiger partial charge in [-0.1, -0.05) is 199 Å². The van der Waals surface area contributed by atoms with Crippen LogP contribution in [0.25, 0.3) is 0 Å². The standard InChI is InChI=1S/C46H87NO5/c1-4-7-10-13-16-19-22-23-24-27-30-33-36-39-46(51)52-42(37-34-31-28-25-20-17-14-11-8-5-2)40-45(50)47-43(41-48)44(49)38-35-32-29-26-21-18-15-12-9-6-3/h23-24,30,33,42-44,48-49H,4-22,25-29,31-32,34-41H2,1-3H3,(H,47,50)/b24-23-,33-30+. The molecule has 1 amide bonds. The number of aliphatic hydroxyl groups is 2. The molecular weight excluding hydrogens is 647 g/mol. The maximum atomic E-state index is 13.1. The van der Waals surface area contributed by atoms with Gasteiger partial charge >= 0.3 is 5.97 Å². The number of carbonyl (C=O) groups is 2. The summed E-state index contributed by atoms with van der Waals surface area (Å²) in [5.41, 5.74) is 0. The number of ether oxygens (including phenoxy) is 1. The second-order valence-corrected chi connectivity index (χ2v) is 15.5. The molecule has 0 spiro atoms. The van der Waals surface area contributed by atoms with Gasteiger partial charge in [-0.15, -0.1) is 0 Å². The summed E-state index contributed by atoms with van der Waals surface area (Å²) in [6.07, 6.45) is 43.9. The number of nitrogens with one attached hydrogen (secondary N) is 1. The highest BCUT2D eigenvalue weighted by molar-refractivity contribution is 5.77. The lowest BCUT2D eigenvalue weighted by Crippen LogP contribution is -2.46. The van der Waals surface area contributed by atoms with Crippen molar-refractivity contribution in [3.05, 3.63) is 24.3 Å². The number of esters is 1. The van der Waals surface area contributed by atoms with Crippen molar-refractivity contribution >= 4 is 11.9 Å². The fourth-order valence-corrected chi connectivity index (χ4v) is 6.84. The molecule has 0 aromatic carbocycles. The van der Waals surface area contributed by atoms with Crippen LogP contribution in [0, 0.1) is 0 Å². The van der Waals surface area contributed by atoms with Gasteiger partial charge in [-0.05, 0) is 44.9 Å². The van der Waals surface area contributed by atoms with E-state index in [1.54, 1.807) is 0 Å². The molecule has 0 aliphatic carbocycles. The normalized spacial score (nSPS) is 13.6. The van der Waals surface area contributed by atoms with Crippen molar-refractivity contribution in [2.24, 2.45) is 0 Å². The zero-order valence-corrected chi connectivity index (χ0v) is 34.7. The van der Waals surface area contributed by atoms with Gasteiger partial charge in [0.05, 0.1) is 25.2 Å². The molecule has 0 fully saturated rings. The molecule has 0 saturated carbocycles. The van der Waals surface area contributed by atoms with Crippen LogP contribution >= 0.6 is 0 Å². The minimum absolute atomic E-state index is 0.0594. The van der Waals surface area contributed by atoms with Crippen molar-refractivity contribution in [2.45, 2.75) is 251 Å². The van der Waals surface area contributed by atoms with Crippen molar-refractivity contribution in [3.8, 4) is 0 Å². The summed E-state index contributed by atoms with van der Waals surface area (Å²) in [7, 11) is 0. The van der Waals surface area contributed by atoms with Gasteiger partial charge in [-0.25, -0.2) is 0 Å². The molecule has 0 saturated heterocycles. The average molecular weight is 734 g/mol. The predicted molar refractivity (Wildman–Crippen MR) is 223 cm³/mol. The molecule has 306 valence electrons. The molecule has 0 bridgehead atoms. The van der Waals surface area contributed by atoms with Crippen molar-refractivity contribution in [1.29, 1.82) is 0 Å². The molecule has 0 aromatic heterocycles. The molecule has 0 aromatic rings. The number of amides is 1. The Labute approximate surface area is 322 Å². The van der Waals surface area contributed by atoms with Crippen LogP contribution in [0.3, 0.4) is 0 Å². The third-order valence-corrected chi connectivity index (χ3v) is 10.3. The number of carbonyl (C=O) groups excluding carboxylic acids is 2. The minimum atomic E-state index is -0.789. The summed E-state index contributed by atoms with van der Waals surface area (Å²) in [5.74, 6) is -0.549. The summed E-state index contributed by atoms with van der Waals surface area (Å²) in [6, 6.07) is -0.704. The number of unbranched alkanes of at least 4 members (excludes halogenated alkanes) is 24. The summed E-state index contributed by atoms with van der Waals surface area (Å²) < 4.78 is 5.85. The summed E-state index contributed by atoms with van der Waals surface area (Å²) in [6.45, 7) is 6.43. The van der Waals surface area contributed by atoms with Crippen LogP contribution < -0.4 is 5.32 Å². The van der Waals surface area contributed by atoms with Gasteiger partial charge in [0.2, 0.25) is 5.91 Å². The van der Waals surface area contributed by atoms with E-state index in [1.165, 1.54) is 128 Å².